The summed E-state index contributed by atoms with van der Waals surface area (Å²) in [6.45, 7) is 9.61. The van der Waals surface area contributed by atoms with E-state index in [4.69, 9.17) is 0 Å². The quantitative estimate of drug-likeness (QED) is 0.827. The number of carbonyl (C=O) groups is 1. The van der Waals surface area contributed by atoms with Gasteiger partial charge in [-0.3, -0.25) is 9.69 Å². The van der Waals surface area contributed by atoms with Gasteiger partial charge in [-0.1, -0.05) is 51.3 Å². The summed E-state index contributed by atoms with van der Waals surface area (Å²) in [7, 11) is 0. The maximum Gasteiger partial charge on any atom is 0.241 e. The Labute approximate surface area is 147 Å². The molecular formula is C20H33N3O. The van der Waals surface area contributed by atoms with Crippen LogP contribution in [0.2, 0.25) is 0 Å². The Morgan fingerprint density at radius 2 is 1.67 bits per heavy atom. The molecule has 1 amide bonds. The van der Waals surface area contributed by atoms with E-state index < -0.39 is 0 Å². The van der Waals surface area contributed by atoms with Gasteiger partial charge in [0.1, 0.15) is 0 Å². The second-order valence-corrected chi connectivity index (χ2v) is 6.62. The first-order chi connectivity index (χ1) is 11.7. The Hall–Kier alpha value is -1.55. The molecule has 1 aliphatic heterocycles. The first-order valence-electron chi connectivity index (χ1n) is 9.56. The standard InChI is InChI=1S/C20H33N3O/c1-3-22(4-2)17-18-12-8-9-13-19(18)21-16-20(24)23-14-10-6-5-7-11-15-23/h8-9,12-13,21H,3-7,10-11,14-17H2,1-2H3. The molecule has 1 aromatic carbocycles. The maximum atomic E-state index is 12.5. The second kappa shape index (κ2) is 10.3. The lowest BCUT2D eigenvalue weighted by Crippen LogP contribution is -2.37. The Morgan fingerprint density at radius 3 is 2.33 bits per heavy atom. The molecule has 2 rings (SSSR count). The smallest absolute Gasteiger partial charge is 0.241 e. The monoisotopic (exact) mass is 331 g/mol. The minimum absolute atomic E-state index is 0.231. The summed E-state index contributed by atoms with van der Waals surface area (Å²) in [5.41, 5.74) is 2.35. The molecule has 1 heterocycles. The fourth-order valence-electron chi connectivity index (χ4n) is 3.30. The predicted octanol–water partition coefficient (Wildman–Crippen LogP) is 3.73. The van der Waals surface area contributed by atoms with Crippen molar-refractivity contribution in [3.63, 3.8) is 0 Å². The minimum atomic E-state index is 0.231. The van der Waals surface area contributed by atoms with Crippen molar-refractivity contribution in [2.75, 3.05) is 38.0 Å². The van der Waals surface area contributed by atoms with Gasteiger partial charge in [-0.15, -0.1) is 0 Å². The highest BCUT2D eigenvalue weighted by atomic mass is 16.2. The molecule has 4 nitrogen and oxygen atoms in total. The lowest BCUT2D eigenvalue weighted by molar-refractivity contribution is -0.129. The number of carbonyl (C=O) groups excluding carboxylic acids is 1. The van der Waals surface area contributed by atoms with Crippen LogP contribution in [0.1, 0.15) is 51.5 Å². The van der Waals surface area contributed by atoms with Crippen LogP contribution in [-0.2, 0) is 11.3 Å². The highest BCUT2D eigenvalue weighted by Crippen LogP contribution is 2.17. The minimum Gasteiger partial charge on any atom is -0.376 e. The Kier molecular flexibility index (Phi) is 8.10. The number of hydrogen-bond donors (Lipinski definition) is 1. The van der Waals surface area contributed by atoms with E-state index in [-0.39, 0.29) is 5.91 Å². The van der Waals surface area contributed by atoms with Crippen LogP contribution in [-0.4, -0.2) is 48.4 Å². The van der Waals surface area contributed by atoms with Crippen molar-refractivity contribution in [3.05, 3.63) is 29.8 Å². The molecule has 1 aromatic rings. The predicted molar refractivity (Wildman–Crippen MR) is 101 cm³/mol. The summed E-state index contributed by atoms with van der Waals surface area (Å²) in [6.07, 6.45) is 6.11. The number of amides is 1. The second-order valence-electron chi connectivity index (χ2n) is 6.62. The number of anilines is 1. The van der Waals surface area contributed by atoms with Crippen LogP contribution in [0.15, 0.2) is 24.3 Å². The Morgan fingerprint density at radius 1 is 1.04 bits per heavy atom. The third-order valence-corrected chi connectivity index (χ3v) is 4.94. The average molecular weight is 332 g/mol. The van der Waals surface area contributed by atoms with Crippen LogP contribution in [0.5, 0.6) is 0 Å². The summed E-state index contributed by atoms with van der Waals surface area (Å²) < 4.78 is 0. The van der Waals surface area contributed by atoms with E-state index in [9.17, 15) is 4.79 Å². The zero-order valence-corrected chi connectivity index (χ0v) is 15.4. The van der Waals surface area contributed by atoms with Gasteiger partial charge in [0.2, 0.25) is 5.91 Å². The maximum absolute atomic E-state index is 12.5. The summed E-state index contributed by atoms with van der Waals surface area (Å²) >= 11 is 0. The van der Waals surface area contributed by atoms with Gasteiger partial charge in [-0.05, 0) is 37.6 Å². The van der Waals surface area contributed by atoms with E-state index in [2.05, 4.69) is 42.3 Å². The third kappa shape index (κ3) is 5.82. The first kappa shape index (κ1) is 18.8. The average Bonchev–Trinajstić information content (AvgIpc) is 2.58. The first-order valence-corrected chi connectivity index (χ1v) is 9.56. The Bertz CT molecular complexity index is 491. The van der Waals surface area contributed by atoms with Crippen LogP contribution in [0, 0.1) is 0 Å². The van der Waals surface area contributed by atoms with Crippen LogP contribution < -0.4 is 5.32 Å². The molecule has 0 bridgehead atoms. The number of nitrogens with one attached hydrogen (secondary N) is 1. The molecule has 1 fully saturated rings. The van der Waals surface area contributed by atoms with Crippen molar-refractivity contribution in [2.24, 2.45) is 0 Å². The molecule has 1 saturated heterocycles. The largest absolute Gasteiger partial charge is 0.376 e. The van der Waals surface area contributed by atoms with E-state index in [1.807, 2.05) is 11.0 Å². The van der Waals surface area contributed by atoms with E-state index in [1.165, 1.54) is 24.8 Å². The molecule has 0 spiro atoms. The van der Waals surface area contributed by atoms with Gasteiger partial charge >= 0.3 is 0 Å². The van der Waals surface area contributed by atoms with Gasteiger partial charge in [-0.2, -0.15) is 0 Å². The van der Waals surface area contributed by atoms with E-state index >= 15 is 0 Å². The van der Waals surface area contributed by atoms with Crippen LogP contribution in [0.25, 0.3) is 0 Å². The fraction of sp³-hybridized carbons (Fsp3) is 0.650. The molecule has 0 unspecified atom stereocenters. The molecule has 4 heteroatoms. The molecule has 1 N–H and O–H groups in total. The normalized spacial score (nSPS) is 15.9. The highest BCUT2D eigenvalue weighted by molar-refractivity contribution is 5.81. The van der Waals surface area contributed by atoms with Gasteiger partial charge < -0.3 is 10.2 Å². The molecule has 134 valence electrons. The van der Waals surface area contributed by atoms with Crippen molar-refractivity contribution in [1.29, 1.82) is 0 Å². The van der Waals surface area contributed by atoms with Crippen molar-refractivity contribution < 1.29 is 4.79 Å². The number of hydrogen-bond acceptors (Lipinski definition) is 3. The SMILES string of the molecule is CCN(CC)Cc1ccccc1NCC(=O)N1CCCCCCC1. The molecule has 24 heavy (non-hydrogen) atoms. The van der Waals surface area contributed by atoms with Crippen molar-refractivity contribution in [1.82, 2.24) is 9.80 Å². The number of rotatable bonds is 7. The lowest BCUT2D eigenvalue weighted by Gasteiger charge is -2.25. The number of benzene rings is 1. The van der Waals surface area contributed by atoms with Gasteiger partial charge in [0.15, 0.2) is 0 Å². The summed E-state index contributed by atoms with van der Waals surface area (Å²) in [5.74, 6) is 0.231. The summed E-state index contributed by atoms with van der Waals surface area (Å²) in [5, 5.41) is 3.38. The van der Waals surface area contributed by atoms with E-state index in [1.54, 1.807) is 0 Å². The van der Waals surface area contributed by atoms with Crippen molar-refractivity contribution in [2.45, 2.75) is 52.5 Å². The number of para-hydroxylation sites is 1. The lowest BCUT2D eigenvalue weighted by atomic mass is 10.1. The highest BCUT2D eigenvalue weighted by Gasteiger charge is 2.15. The van der Waals surface area contributed by atoms with E-state index in [0.29, 0.717) is 6.54 Å². The molecule has 0 aromatic heterocycles. The van der Waals surface area contributed by atoms with Crippen LogP contribution >= 0.6 is 0 Å². The van der Waals surface area contributed by atoms with Gasteiger partial charge in [0.05, 0.1) is 6.54 Å². The van der Waals surface area contributed by atoms with Crippen LogP contribution in [0.3, 0.4) is 0 Å². The summed E-state index contributed by atoms with van der Waals surface area (Å²) in [4.78, 5) is 17.0. The van der Waals surface area contributed by atoms with Gasteiger partial charge in [0.25, 0.3) is 0 Å². The summed E-state index contributed by atoms with van der Waals surface area (Å²) in [6, 6.07) is 8.35. The number of nitrogens with zero attached hydrogens (tertiary/aromatic N) is 2. The molecule has 0 radical (unpaired) electrons. The zero-order valence-electron chi connectivity index (χ0n) is 15.4. The molecule has 0 saturated carbocycles. The third-order valence-electron chi connectivity index (χ3n) is 4.94. The van der Waals surface area contributed by atoms with Crippen molar-refractivity contribution in [3.8, 4) is 0 Å². The molecule has 1 aliphatic rings. The zero-order chi connectivity index (χ0) is 17.2. The van der Waals surface area contributed by atoms with E-state index in [0.717, 1.165) is 51.3 Å². The van der Waals surface area contributed by atoms with Gasteiger partial charge in [0, 0.05) is 25.3 Å². The molecule has 0 aliphatic carbocycles. The van der Waals surface area contributed by atoms with Gasteiger partial charge in [-0.25, -0.2) is 0 Å². The molecule has 0 atom stereocenters. The van der Waals surface area contributed by atoms with Crippen molar-refractivity contribution >= 4 is 11.6 Å². The van der Waals surface area contributed by atoms with Crippen LogP contribution in [0.4, 0.5) is 5.69 Å². The topological polar surface area (TPSA) is 35.6 Å². The number of likely N-dealkylation sites (tertiary alicyclic amines) is 1. The molecular weight excluding hydrogens is 298 g/mol. The Balaban J connectivity index is 1.91. The fourth-order valence-corrected chi connectivity index (χ4v) is 3.30.